The molecule has 1 rings (SSSR count). The molecule has 0 radical (unpaired) electrons. The molecule has 15 heavy (non-hydrogen) atoms. The summed E-state index contributed by atoms with van der Waals surface area (Å²) in [5.41, 5.74) is 1.21. The highest BCUT2D eigenvalue weighted by Crippen LogP contribution is 2.03. The quantitative estimate of drug-likeness (QED) is 0.717. The molecular weight excluding hydrogens is 212 g/mol. The molecule has 0 aliphatic heterocycles. The van der Waals surface area contributed by atoms with Gasteiger partial charge in [-0.05, 0) is 49.7 Å². The Morgan fingerprint density at radius 2 is 2.13 bits per heavy atom. The van der Waals surface area contributed by atoms with E-state index in [0.717, 1.165) is 13.0 Å². The van der Waals surface area contributed by atoms with Gasteiger partial charge in [-0.25, -0.2) is 0 Å². The Morgan fingerprint density at radius 3 is 2.67 bits per heavy atom. The maximum absolute atomic E-state index is 10.9. The number of pyridine rings is 1. The summed E-state index contributed by atoms with van der Waals surface area (Å²) < 4.78 is 0. The Kier molecular flexibility index (Phi) is 4.72. The van der Waals surface area contributed by atoms with E-state index in [-0.39, 0.29) is 11.3 Å². The first-order chi connectivity index (χ1) is 7.11. The maximum Gasteiger partial charge on any atom is 0.238 e. The van der Waals surface area contributed by atoms with Crippen LogP contribution in [0.1, 0.15) is 12.5 Å². The van der Waals surface area contributed by atoms with Crippen LogP contribution in [0, 0.1) is 0 Å². The third-order valence-corrected chi connectivity index (χ3v) is 2.81. The van der Waals surface area contributed by atoms with Crippen molar-refractivity contribution in [3.05, 3.63) is 30.1 Å². The van der Waals surface area contributed by atoms with Crippen LogP contribution in [-0.2, 0) is 11.2 Å². The van der Waals surface area contributed by atoms with Crippen LogP contribution in [0.5, 0.6) is 0 Å². The standard InChI is InChI=1S/C11H15ClN2O/c1-9(11(12)15)14(2)8-5-10-3-6-13-7-4-10/h3-4,6-7,9H,5,8H2,1-2H3. The highest BCUT2D eigenvalue weighted by Gasteiger charge is 2.14. The van der Waals surface area contributed by atoms with Crippen molar-refractivity contribution in [2.75, 3.05) is 13.6 Å². The molecule has 0 N–H and O–H groups in total. The van der Waals surface area contributed by atoms with Crippen LogP contribution in [0.2, 0.25) is 0 Å². The second kappa shape index (κ2) is 5.83. The molecule has 82 valence electrons. The Labute approximate surface area is 95.1 Å². The molecule has 1 aromatic rings. The first-order valence-corrected chi connectivity index (χ1v) is 5.27. The average Bonchev–Trinajstić information content (AvgIpc) is 2.26. The molecule has 1 unspecified atom stereocenters. The van der Waals surface area contributed by atoms with Crippen LogP contribution < -0.4 is 0 Å². The Morgan fingerprint density at radius 1 is 1.53 bits per heavy atom. The van der Waals surface area contributed by atoms with Gasteiger partial charge in [0.25, 0.3) is 0 Å². The van der Waals surface area contributed by atoms with Crippen LogP contribution in [-0.4, -0.2) is 34.8 Å². The molecule has 0 bridgehead atoms. The molecule has 1 heterocycles. The summed E-state index contributed by atoms with van der Waals surface area (Å²) >= 11 is 5.41. The number of hydrogen-bond acceptors (Lipinski definition) is 3. The zero-order chi connectivity index (χ0) is 11.3. The number of carbonyl (C=O) groups is 1. The van der Waals surface area contributed by atoms with Gasteiger partial charge in [0.2, 0.25) is 5.24 Å². The Balaban J connectivity index is 2.41. The summed E-state index contributed by atoms with van der Waals surface area (Å²) in [5.74, 6) is 0. The van der Waals surface area contributed by atoms with Gasteiger partial charge in [-0.1, -0.05) is 0 Å². The van der Waals surface area contributed by atoms with Crippen molar-refractivity contribution < 1.29 is 4.79 Å². The van der Waals surface area contributed by atoms with Crippen molar-refractivity contribution in [3.63, 3.8) is 0 Å². The minimum Gasteiger partial charge on any atom is -0.295 e. The SMILES string of the molecule is CC(C(=O)Cl)N(C)CCc1ccncc1. The molecule has 3 nitrogen and oxygen atoms in total. The number of hydrogen-bond donors (Lipinski definition) is 0. The van der Waals surface area contributed by atoms with E-state index >= 15 is 0 Å². The minimum absolute atomic E-state index is 0.228. The molecule has 0 aromatic carbocycles. The molecule has 0 fully saturated rings. The van der Waals surface area contributed by atoms with Gasteiger partial charge < -0.3 is 0 Å². The monoisotopic (exact) mass is 226 g/mol. The first kappa shape index (κ1) is 12.1. The van der Waals surface area contributed by atoms with Crippen LogP contribution in [0.3, 0.4) is 0 Å². The first-order valence-electron chi connectivity index (χ1n) is 4.89. The lowest BCUT2D eigenvalue weighted by Crippen LogP contribution is -2.35. The second-order valence-electron chi connectivity index (χ2n) is 3.57. The van der Waals surface area contributed by atoms with Gasteiger partial charge in [0, 0.05) is 18.9 Å². The van der Waals surface area contributed by atoms with Crippen molar-refractivity contribution >= 4 is 16.8 Å². The molecule has 0 saturated heterocycles. The summed E-state index contributed by atoms with van der Waals surface area (Å²) in [7, 11) is 1.89. The van der Waals surface area contributed by atoms with Crippen molar-refractivity contribution in [2.24, 2.45) is 0 Å². The molecular formula is C11H15ClN2O. The van der Waals surface area contributed by atoms with Crippen LogP contribution in [0.25, 0.3) is 0 Å². The van der Waals surface area contributed by atoms with Gasteiger partial charge in [-0.2, -0.15) is 0 Å². The number of aromatic nitrogens is 1. The average molecular weight is 227 g/mol. The molecule has 0 amide bonds. The number of halogens is 1. The van der Waals surface area contributed by atoms with E-state index in [1.807, 2.05) is 31.0 Å². The second-order valence-corrected chi connectivity index (χ2v) is 3.94. The zero-order valence-corrected chi connectivity index (χ0v) is 9.74. The Hall–Kier alpha value is -0.930. The summed E-state index contributed by atoms with van der Waals surface area (Å²) in [5, 5.41) is -0.313. The normalized spacial score (nSPS) is 12.8. The van der Waals surface area contributed by atoms with Crippen LogP contribution in [0.4, 0.5) is 0 Å². The predicted molar refractivity (Wildman–Crippen MR) is 60.9 cm³/mol. The number of carbonyl (C=O) groups excluding carboxylic acids is 1. The van der Waals surface area contributed by atoms with E-state index in [9.17, 15) is 4.79 Å². The predicted octanol–water partition coefficient (Wildman–Crippen LogP) is 1.71. The highest BCUT2D eigenvalue weighted by atomic mass is 35.5. The van der Waals surface area contributed by atoms with Crippen molar-refractivity contribution in [1.82, 2.24) is 9.88 Å². The summed E-state index contributed by atoms with van der Waals surface area (Å²) in [6.07, 6.45) is 4.43. The van der Waals surface area contributed by atoms with E-state index < -0.39 is 0 Å². The van der Waals surface area contributed by atoms with Crippen LogP contribution >= 0.6 is 11.6 Å². The summed E-state index contributed by atoms with van der Waals surface area (Å²) in [6.45, 7) is 2.62. The summed E-state index contributed by atoms with van der Waals surface area (Å²) in [4.78, 5) is 16.8. The van der Waals surface area contributed by atoms with Gasteiger partial charge in [0.05, 0.1) is 6.04 Å². The number of rotatable bonds is 5. The molecule has 1 atom stereocenters. The number of likely N-dealkylation sites (N-methyl/N-ethyl adjacent to an activating group) is 1. The smallest absolute Gasteiger partial charge is 0.238 e. The third-order valence-electron chi connectivity index (χ3n) is 2.49. The molecule has 0 spiro atoms. The molecule has 0 aliphatic carbocycles. The minimum atomic E-state index is -0.313. The lowest BCUT2D eigenvalue weighted by molar-refractivity contribution is -0.115. The largest absolute Gasteiger partial charge is 0.295 e. The van der Waals surface area contributed by atoms with Crippen molar-refractivity contribution in [1.29, 1.82) is 0 Å². The zero-order valence-electron chi connectivity index (χ0n) is 8.98. The highest BCUT2D eigenvalue weighted by molar-refractivity contribution is 6.64. The van der Waals surface area contributed by atoms with E-state index in [0.29, 0.717) is 0 Å². The summed E-state index contributed by atoms with van der Waals surface area (Å²) in [6, 6.07) is 3.72. The third kappa shape index (κ3) is 3.98. The van der Waals surface area contributed by atoms with Gasteiger partial charge in [0.1, 0.15) is 0 Å². The molecule has 0 aliphatic rings. The van der Waals surface area contributed by atoms with Gasteiger partial charge >= 0.3 is 0 Å². The fraction of sp³-hybridized carbons (Fsp3) is 0.455. The van der Waals surface area contributed by atoms with Gasteiger partial charge in [-0.3, -0.25) is 14.7 Å². The van der Waals surface area contributed by atoms with Crippen molar-refractivity contribution in [3.8, 4) is 0 Å². The fourth-order valence-electron chi connectivity index (χ4n) is 1.22. The molecule has 4 heteroatoms. The van der Waals surface area contributed by atoms with Gasteiger partial charge in [-0.15, -0.1) is 0 Å². The maximum atomic E-state index is 10.9. The molecule has 0 saturated carbocycles. The molecule has 1 aromatic heterocycles. The lowest BCUT2D eigenvalue weighted by atomic mass is 10.2. The van der Waals surface area contributed by atoms with E-state index in [2.05, 4.69) is 4.98 Å². The van der Waals surface area contributed by atoms with E-state index in [4.69, 9.17) is 11.6 Å². The van der Waals surface area contributed by atoms with Gasteiger partial charge in [0.15, 0.2) is 0 Å². The van der Waals surface area contributed by atoms with E-state index in [1.54, 1.807) is 12.4 Å². The Bertz CT molecular complexity index is 316. The van der Waals surface area contributed by atoms with Crippen molar-refractivity contribution in [2.45, 2.75) is 19.4 Å². The fourth-order valence-corrected chi connectivity index (χ4v) is 1.39. The number of nitrogens with zero attached hydrogens (tertiary/aromatic N) is 2. The van der Waals surface area contributed by atoms with Crippen LogP contribution in [0.15, 0.2) is 24.5 Å². The van der Waals surface area contributed by atoms with E-state index in [1.165, 1.54) is 5.56 Å². The topological polar surface area (TPSA) is 33.2 Å². The lowest BCUT2D eigenvalue weighted by Gasteiger charge is -2.21.